The number of hydrogen-bond donors (Lipinski definition) is 4. The molecule has 4 aromatic rings. The molecule has 4 aromatic carbocycles. The molecule has 0 unspecified atom stereocenters. The Morgan fingerprint density at radius 1 is 0.854 bits per heavy atom. The van der Waals surface area contributed by atoms with E-state index in [9.17, 15) is 19.5 Å². The SMILES string of the molecule is COC(=O)[C@H](Cc1ccccc1)NC(=O)Nc1cccc([C@@H]2O[C@H](CSc3ccc(NC(C)=O)cc3)C[C@H](c3ccc(CO)cc3)O2)c1. The summed E-state index contributed by atoms with van der Waals surface area (Å²) in [6, 6.07) is 30.5. The number of aliphatic hydroxyl groups excluding tert-OH is 1. The molecule has 4 atom stereocenters. The number of methoxy groups -OCH3 is 1. The van der Waals surface area contributed by atoms with Gasteiger partial charge in [0.2, 0.25) is 5.91 Å². The highest BCUT2D eigenvalue weighted by molar-refractivity contribution is 7.99. The van der Waals surface area contributed by atoms with E-state index in [0.717, 1.165) is 27.3 Å². The number of benzene rings is 4. The standard InChI is InChI=1S/C37H39N3O7S/c1-24(42)38-29-15-17-32(18-16-29)48-23-31-21-34(27-13-11-26(22-41)12-14-27)47-36(46-31)28-9-6-10-30(20-28)39-37(44)40-33(35(43)45-2)19-25-7-4-3-5-8-25/h3-18,20,31,33-34,36,41H,19,21-23H2,1-2H3,(H,38,42)(H2,39,40,44)/t31-,33-,34+,36+/m0/s1. The van der Waals surface area contributed by atoms with Crippen molar-refractivity contribution >= 4 is 41.0 Å². The van der Waals surface area contributed by atoms with Crippen LogP contribution >= 0.6 is 11.8 Å². The molecule has 1 heterocycles. The van der Waals surface area contributed by atoms with Gasteiger partial charge in [0.1, 0.15) is 6.04 Å². The number of carbonyl (C=O) groups excluding carboxylic acids is 3. The molecule has 3 amide bonds. The number of urea groups is 1. The van der Waals surface area contributed by atoms with Crippen LogP contribution in [0.4, 0.5) is 16.2 Å². The third-order valence-electron chi connectivity index (χ3n) is 7.72. The van der Waals surface area contributed by atoms with Gasteiger partial charge in [-0.3, -0.25) is 4.79 Å². The normalized spacial score (nSPS) is 17.9. The quantitative estimate of drug-likeness (QED) is 0.101. The first-order valence-corrected chi connectivity index (χ1v) is 16.6. The molecule has 1 aliphatic rings. The second kappa shape index (κ2) is 16.9. The maximum Gasteiger partial charge on any atom is 0.328 e. The first kappa shape index (κ1) is 34.6. The summed E-state index contributed by atoms with van der Waals surface area (Å²) >= 11 is 1.65. The Hall–Kier alpha value is -4.68. The molecule has 4 N–H and O–H groups in total. The summed E-state index contributed by atoms with van der Waals surface area (Å²) in [6.07, 6.45) is -0.278. The van der Waals surface area contributed by atoms with Crippen LogP contribution in [0.5, 0.6) is 0 Å². The lowest BCUT2D eigenvalue weighted by Crippen LogP contribution is -2.45. The van der Waals surface area contributed by atoms with Gasteiger partial charge in [-0.15, -0.1) is 11.8 Å². The van der Waals surface area contributed by atoms with Gasteiger partial charge < -0.3 is 35.3 Å². The van der Waals surface area contributed by atoms with Crippen molar-refractivity contribution in [2.75, 3.05) is 23.5 Å². The van der Waals surface area contributed by atoms with Gasteiger partial charge in [-0.1, -0.05) is 66.7 Å². The fraction of sp³-hybridized carbons (Fsp3) is 0.270. The Labute approximate surface area is 284 Å². The third kappa shape index (κ3) is 9.91. The number of aliphatic hydroxyl groups is 1. The molecule has 1 saturated heterocycles. The zero-order valence-electron chi connectivity index (χ0n) is 26.8. The smallest absolute Gasteiger partial charge is 0.328 e. The van der Waals surface area contributed by atoms with E-state index in [-0.39, 0.29) is 31.1 Å². The van der Waals surface area contributed by atoms with Gasteiger partial charge in [-0.05, 0) is 53.1 Å². The van der Waals surface area contributed by atoms with Crippen LogP contribution in [-0.2, 0) is 36.8 Å². The third-order valence-corrected chi connectivity index (χ3v) is 8.86. The summed E-state index contributed by atoms with van der Waals surface area (Å²) in [4.78, 5) is 37.9. The Morgan fingerprint density at radius 2 is 1.60 bits per heavy atom. The molecule has 250 valence electrons. The van der Waals surface area contributed by atoms with E-state index in [1.165, 1.54) is 14.0 Å². The molecule has 0 saturated carbocycles. The molecule has 10 nitrogen and oxygen atoms in total. The van der Waals surface area contributed by atoms with Crippen LogP contribution in [0.25, 0.3) is 0 Å². The molecule has 11 heteroatoms. The number of hydrogen-bond acceptors (Lipinski definition) is 8. The summed E-state index contributed by atoms with van der Waals surface area (Å²) in [5.74, 6) is -0.0119. The van der Waals surface area contributed by atoms with Gasteiger partial charge in [0.15, 0.2) is 6.29 Å². The molecule has 0 bridgehead atoms. The number of thioether (sulfide) groups is 1. The van der Waals surface area contributed by atoms with E-state index in [4.69, 9.17) is 14.2 Å². The van der Waals surface area contributed by atoms with Crippen molar-refractivity contribution in [1.82, 2.24) is 5.32 Å². The summed E-state index contributed by atoms with van der Waals surface area (Å²) in [6.45, 7) is 1.43. The van der Waals surface area contributed by atoms with Gasteiger partial charge in [0, 0.05) is 47.4 Å². The predicted octanol–water partition coefficient (Wildman–Crippen LogP) is 6.38. The highest BCUT2D eigenvalue weighted by Gasteiger charge is 2.32. The van der Waals surface area contributed by atoms with Gasteiger partial charge in [-0.25, -0.2) is 9.59 Å². The van der Waals surface area contributed by atoms with Gasteiger partial charge >= 0.3 is 12.0 Å². The average Bonchev–Trinajstić information content (AvgIpc) is 3.11. The molecule has 0 spiro atoms. The van der Waals surface area contributed by atoms with Crippen molar-refractivity contribution in [3.8, 4) is 0 Å². The van der Waals surface area contributed by atoms with Crippen molar-refractivity contribution in [1.29, 1.82) is 0 Å². The van der Waals surface area contributed by atoms with Crippen LogP contribution in [0.1, 0.15) is 48.0 Å². The molecule has 48 heavy (non-hydrogen) atoms. The van der Waals surface area contributed by atoms with E-state index in [2.05, 4.69) is 16.0 Å². The molecule has 0 radical (unpaired) electrons. The summed E-state index contributed by atoms with van der Waals surface area (Å²) < 4.78 is 17.9. The minimum atomic E-state index is -0.872. The number of ether oxygens (including phenoxy) is 3. The summed E-state index contributed by atoms with van der Waals surface area (Å²) in [7, 11) is 1.29. The van der Waals surface area contributed by atoms with E-state index in [1.807, 2.05) is 84.9 Å². The van der Waals surface area contributed by atoms with Crippen molar-refractivity contribution in [3.05, 3.63) is 125 Å². The molecule has 5 rings (SSSR count). The van der Waals surface area contributed by atoms with Crippen molar-refractivity contribution < 1.29 is 33.7 Å². The second-order valence-corrected chi connectivity index (χ2v) is 12.4. The number of rotatable bonds is 12. The highest BCUT2D eigenvalue weighted by atomic mass is 32.2. The minimum Gasteiger partial charge on any atom is -0.467 e. The van der Waals surface area contributed by atoms with Gasteiger partial charge in [-0.2, -0.15) is 0 Å². The highest BCUT2D eigenvalue weighted by Crippen LogP contribution is 2.40. The number of amides is 3. The predicted molar refractivity (Wildman–Crippen MR) is 184 cm³/mol. The molecule has 1 aliphatic heterocycles. The van der Waals surface area contributed by atoms with Crippen LogP contribution in [-0.4, -0.2) is 48.0 Å². The largest absolute Gasteiger partial charge is 0.467 e. The second-order valence-electron chi connectivity index (χ2n) is 11.4. The van der Waals surface area contributed by atoms with Crippen LogP contribution < -0.4 is 16.0 Å². The molecule has 0 aromatic heterocycles. The molecular formula is C37H39N3O7S. The minimum absolute atomic E-state index is 0.0441. The van der Waals surface area contributed by atoms with Crippen molar-refractivity contribution in [3.63, 3.8) is 0 Å². The molecular weight excluding hydrogens is 630 g/mol. The average molecular weight is 670 g/mol. The zero-order chi connectivity index (χ0) is 33.9. The zero-order valence-corrected chi connectivity index (χ0v) is 27.6. The maximum absolute atomic E-state index is 13.0. The Bertz CT molecular complexity index is 1670. The lowest BCUT2D eigenvalue weighted by molar-refractivity contribution is -0.245. The van der Waals surface area contributed by atoms with E-state index < -0.39 is 24.3 Å². The summed E-state index contributed by atoms with van der Waals surface area (Å²) in [5.41, 5.74) is 4.62. The first-order valence-electron chi connectivity index (χ1n) is 15.6. The van der Waals surface area contributed by atoms with E-state index in [1.54, 1.807) is 30.0 Å². The lowest BCUT2D eigenvalue weighted by atomic mass is 10.0. The number of esters is 1. The fourth-order valence-corrected chi connectivity index (χ4v) is 6.25. The monoisotopic (exact) mass is 669 g/mol. The number of carbonyl (C=O) groups is 3. The van der Waals surface area contributed by atoms with Gasteiger partial charge in [0.05, 0.1) is 25.9 Å². The number of anilines is 2. The van der Waals surface area contributed by atoms with Crippen molar-refractivity contribution in [2.45, 2.75) is 55.8 Å². The summed E-state index contributed by atoms with van der Waals surface area (Å²) in [5, 5.41) is 17.8. The fourth-order valence-electron chi connectivity index (χ4n) is 5.32. The lowest BCUT2D eigenvalue weighted by Gasteiger charge is -2.36. The topological polar surface area (TPSA) is 135 Å². The molecule has 1 fully saturated rings. The number of nitrogens with one attached hydrogen (secondary N) is 3. The van der Waals surface area contributed by atoms with Gasteiger partial charge in [0.25, 0.3) is 0 Å². The Morgan fingerprint density at radius 3 is 2.29 bits per heavy atom. The Balaban J connectivity index is 1.28. The van der Waals surface area contributed by atoms with E-state index >= 15 is 0 Å². The Kier molecular flexibility index (Phi) is 12.2. The van der Waals surface area contributed by atoms with Crippen LogP contribution in [0.3, 0.4) is 0 Å². The van der Waals surface area contributed by atoms with Crippen LogP contribution in [0, 0.1) is 0 Å². The molecule has 0 aliphatic carbocycles. The van der Waals surface area contributed by atoms with Crippen LogP contribution in [0.15, 0.2) is 108 Å². The van der Waals surface area contributed by atoms with E-state index in [0.29, 0.717) is 23.4 Å². The van der Waals surface area contributed by atoms with Crippen LogP contribution in [0.2, 0.25) is 0 Å². The maximum atomic E-state index is 13.0. The first-order chi connectivity index (χ1) is 23.3. The van der Waals surface area contributed by atoms with Crippen molar-refractivity contribution in [2.24, 2.45) is 0 Å².